The van der Waals surface area contributed by atoms with E-state index >= 15 is 0 Å². The molecule has 1 saturated carbocycles. The van der Waals surface area contributed by atoms with Crippen LogP contribution in [-0.4, -0.2) is 16.1 Å². The molecule has 2 aliphatic rings. The van der Waals surface area contributed by atoms with Crippen LogP contribution in [0.3, 0.4) is 0 Å². The van der Waals surface area contributed by atoms with Crippen LogP contribution in [0.25, 0.3) is 0 Å². The van der Waals surface area contributed by atoms with E-state index in [0.717, 1.165) is 25.9 Å². The smallest absolute Gasteiger partial charge is 0.109 e. The van der Waals surface area contributed by atoms with E-state index in [2.05, 4.69) is 23.7 Å². The number of rotatable bonds is 3. The van der Waals surface area contributed by atoms with E-state index in [4.69, 9.17) is 4.98 Å². The van der Waals surface area contributed by atoms with Gasteiger partial charge in [-0.25, -0.2) is 4.98 Å². The van der Waals surface area contributed by atoms with Gasteiger partial charge in [-0.2, -0.15) is 0 Å². The van der Waals surface area contributed by atoms with Crippen molar-refractivity contribution in [3.8, 4) is 0 Å². The molecule has 2 heterocycles. The van der Waals surface area contributed by atoms with E-state index in [0.29, 0.717) is 12.0 Å². The van der Waals surface area contributed by atoms with E-state index < -0.39 is 0 Å². The van der Waals surface area contributed by atoms with Crippen molar-refractivity contribution in [1.82, 2.24) is 14.9 Å². The first-order valence-corrected chi connectivity index (χ1v) is 9.05. The Balaban J connectivity index is 1.91. The molecule has 0 amide bonds. The number of fused-ring (bicyclic) bond motifs is 1. The summed E-state index contributed by atoms with van der Waals surface area (Å²) in [5, 5.41) is 3.48. The lowest BCUT2D eigenvalue weighted by atomic mass is 9.95. The molecule has 0 atom stereocenters. The number of hydrogen-bond acceptors (Lipinski definition) is 2. The Kier molecular flexibility index (Phi) is 4.99. The van der Waals surface area contributed by atoms with Crippen molar-refractivity contribution in [3.05, 3.63) is 17.2 Å². The van der Waals surface area contributed by atoms with Crippen LogP contribution in [0.2, 0.25) is 0 Å². The summed E-state index contributed by atoms with van der Waals surface area (Å²) < 4.78 is 2.68. The summed E-state index contributed by atoms with van der Waals surface area (Å²) >= 11 is 0. The normalized spacial score (nSPS) is 21.1. The van der Waals surface area contributed by atoms with E-state index in [1.807, 2.05) is 0 Å². The molecular formula is C18H31N3. The fraction of sp³-hybridized carbons (Fsp3) is 0.833. The largest absolute Gasteiger partial charge is 0.329 e. The lowest BCUT2D eigenvalue weighted by Crippen LogP contribution is -2.26. The van der Waals surface area contributed by atoms with Gasteiger partial charge in [-0.15, -0.1) is 0 Å². The molecule has 0 aromatic carbocycles. The van der Waals surface area contributed by atoms with Gasteiger partial charge in [0.15, 0.2) is 0 Å². The second kappa shape index (κ2) is 6.95. The fourth-order valence-corrected chi connectivity index (χ4v) is 4.02. The van der Waals surface area contributed by atoms with Crippen molar-refractivity contribution >= 4 is 0 Å². The average Bonchev–Trinajstić information content (AvgIpc) is 2.76. The third kappa shape index (κ3) is 3.50. The Labute approximate surface area is 129 Å². The lowest BCUT2D eigenvalue weighted by molar-refractivity contribution is 0.351. The van der Waals surface area contributed by atoms with Gasteiger partial charge in [-0.3, -0.25) is 0 Å². The van der Waals surface area contributed by atoms with Gasteiger partial charge in [0.05, 0.1) is 5.69 Å². The second-order valence-electron chi connectivity index (χ2n) is 7.32. The summed E-state index contributed by atoms with van der Waals surface area (Å²) in [4.78, 5) is 5.02. The number of aromatic nitrogens is 2. The van der Waals surface area contributed by atoms with Crippen molar-refractivity contribution < 1.29 is 0 Å². The van der Waals surface area contributed by atoms with Crippen molar-refractivity contribution in [3.63, 3.8) is 0 Å². The molecule has 3 heteroatoms. The highest BCUT2D eigenvalue weighted by atomic mass is 15.1. The lowest BCUT2D eigenvalue weighted by Gasteiger charge is -2.27. The second-order valence-corrected chi connectivity index (χ2v) is 7.32. The first-order valence-electron chi connectivity index (χ1n) is 9.05. The highest BCUT2D eigenvalue weighted by Gasteiger charge is 2.25. The SMILES string of the molecule is CC(C)Cc1nc2c(n1C1CCCCCCC1)CCNC2. The third-order valence-corrected chi connectivity index (χ3v) is 5.03. The van der Waals surface area contributed by atoms with Gasteiger partial charge in [0.1, 0.15) is 5.82 Å². The van der Waals surface area contributed by atoms with Gasteiger partial charge < -0.3 is 9.88 Å². The zero-order valence-corrected chi connectivity index (χ0v) is 13.8. The van der Waals surface area contributed by atoms with Gasteiger partial charge in [0.25, 0.3) is 0 Å². The number of nitrogens with one attached hydrogen (secondary N) is 1. The summed E-state index contributed by atoms with van der Waals surface area (Å²) in [7, 11) is 0. The fourth-order valence-electron chi connectivity index (χ4n) is 4.02. The maximum absolute atomic E-state index is 5.02. The van der Waals surface area contributed by atoms with Crippen LogP contribution < -0.4 is 5.32 Å². The topological polar surface area (TPSA) is 29.9 Å². The maximum atomic E-state index is 5.02. The van der Waals surface area contributed by atoms with E-state index in [1.165, 1.54) is 56.5 Å². The number of nitrogens with zero attached hydrogens (tertiary/aromatic N) is 2. The minimum Gasteiger partial charge on any atom is -0.329 e. The van der Waals surface area contributed by atoms with Crippen LogP contribution in [0.15, 0.2) is 0 Å². The summed E-state index contributed by atoms with van der Waals surface area (Å²) in [6.45, 7) is 6.72. The van der Waals surface area contributed by atoms with E-state index in [1.54, 1.807) is 5.69 Å². The molecule has 0 unspecified atom stereocenters. The van der Waals surface area contributed by atoms with Gasteiger partial charge >= 0.3 is 0 Å². The van der Waals surface area contributed by atoms with Crippen molar-refractivity contribution in [2.45, 2.75) is 84.2 Å². The molecule has 1 aromatic rings. The molecular weight excluding hydrogens is 258 g/mol. The first kappa shape index (κ1) is 15.1. The summed E-state index contributed by atoms with van der Waals surface area (Å²) in [6.07, 6.45) is 12.1. The highest BCUT2D eigenvalue weighted by molar-refractivity contribution is 5.21. The zero-order valence-electron chi connectivity index (χ0n) is 13.8. The zero-order chi connectivity index (χ0) is 14.7. The van der Waals surface area contributed by atoms with Crippen molar-refractivity contribution in [2.75, 3.05) is 6.54 Å². The molecule has 3 nitrogen and oxygen atoms in total. The molecule has 1 N–H and O–H groups in total. The highest BCUT2D eigenvalue weighted by Crippen LogP contribution is 2.31. The van der Waals surface area contributed by atoms with Gasteiger partial charge in [0, 0.05) is 37.7 Å². The molecule has 1 fully saturated rings. The summed E-state index contributed by atoms with van der Waals surface area (Å²) in [5.74, 6) is 2.05. The Morgan fingerprint density at radius 1 is 1.14 bits per heavy atom. The van der Waals surface area contributed by atoms with Crippen LogP contribution in [0, 0.1) is 5.92 Å². The quantitative estimate of drug-likeness (QED) is 0.911. The predicted octanol–water partition coefficient (Wildman–Crippen LogP) is 4.01. The molecule has 0 spiro atoms. The Morgan fingerprint density at radius 3 is 2.57 bits per heavy atom. The monoisotopic (exact) mass is 289 g/mol. The number of hydrogen-bond donors (Lipinski definition) is 1. The van der Waals surface area contributed by atoms with Crippen LogP contribution in [0.5, 0.6) is 0 Å². The third-order valence-electron chi connectivity index (χ3n) is 5.03. The Morgan fingerprint density at radius 2 is 1.86 bits per heavy atom. The summed E-state index contributed by atoms with van der Waals surface area (Å²) in [5.41, 5.74) is 2.88. The predicted molar refractivity (Wildman–Crippen MR) is 87.5 cm³/mol. The van der Waals surface area contributed by atoms with Crippen LogP contribution >= 0.6 is 0 Å². The molecule has 3 rings (SSSR count). The van der Waals surface area contributed by atoms with E-state index in [-0.39, 0.29) is 0 Å². The minimum absolute atomic E-state index is 0.689. The standard InChI is InChI=1S/C18H31N3/c1-14(2)12-18-20-16-13-19-11-10-17(16)21(18)15-8-6-4-3-5-7-9-15/h14-15,19H,3-13H2,1-2H3. The summed E-state index contributed by atoms with van der Waals surface area (Å²) in [6, 6.07) is 0.716. The van der Waals surface area contributed by atoms with Crippen LogP contribution in [0.1, 0.15) is 82.0 Å². The molecule has 21 heavy (non-hydrogen) atoms. The molecule has 0 saturated heterocycles. The Hall–Kier alpha value is -0.830. The van der Waals surface area contributed by atoms with Crippen LogP contribution in [0.4, 0.5) is 0 Å². The van der Waals surface area contributed by atoms with E-state index in [9.17, 15) is 0 Å². The van der Waals surface area contributed by atoms with Gasteiger partial charge in [0.2, 0.25) is 0 Å². The molecule has 118 valence electrons. The molecule has 1 aromatic heterocycles. The first-order chi connectivity index (χ1) is 10.3. The van der Waals surface area contributed by atoms with Gasteiger partial charge in [-0.1, -0.05) is 46.0 Å². The van der Waals surface area contributed by atoms with Gasteiger partial charge in [-0.05, 0) is 18.8 Å². The van der Waals surface area contributed by atoms with Crippen molar-refractivity contribution in [2.24, 2.45) is 5.92 Å². The van der Waals surface area contributed by atoms with Crippen molar-refractivity contribution in [1.29, 1.82) is 0 Å². The van der Waals surface area contributed by atoms with Crippen LogP contribution in [-0.2, 0) is 19.4 Å². The maximum Gasteiger partial charge on any atom is 0.109 e. The molecule has 0 bridgehead atoms. The molecule has 1 aliphatic heterocycles. The number of imidazole rings is 1. The molecule has 0 radical (unpaired) electrons. The molecule has 1 aliphatic carbocycles. The average molecular weight is 289 g/mol. The minimum atomic E-state index is 0.689. The Bertz CT molecular complexity index is 453.